The van der Waals surface area contributed by atoms with E-state index in [-0.39, 0.29) is 6.10 Å². The van der Waals surface area contributed by atoms with Crippen LogP contribution in [0.1, 0.15) is 39.5 Å². The van der Waals surface area contributed by atoms with Crippen molar-refractivity contribution in [3.05, 3.63) is 0 Å². The molecule has 0 radical (unpaired) electrons. The van der Waals surface area contributed by atoms with Crippen molar-refractivity contribution >= 4 is 0 Å². The summed E-state index contributed by atoms with van der Waals surface area (Å²) in [4.78, 5) is 0. The van der Waals surface area contributed by atoms with Gasteiger partial charge in [-0.2, -0.15) is 0 Å². The first-order chi connectivity index (χ1) is 7.18. The van der Waals surface area contributed by atoms with Gasteiger partial charge in [-0.15, -0.1) is 0 Å². The fourth-order valence-corrected chi connectivity index (χ4v) is 3.11. The van der Waals surface area contributed by atoms with E-state index in [9.17, 15) is 5.11 Å². The van der Waals surface area contributed by atoms with Crippen molar-refractivity contribution in [1.82, 2.24) is 0 Å². The van der Waals surface area contributed by atoms with Gasteiger partial charge < -0.3 is 9.84 Å². The minimum Gasteiger partial charge on any atom is -0.392 e. The van der Waals surface area contributed by atoms with Gasteiger partial charge in [-0.3, -0.25) is 0 Å². The quantitative estimate of drug-likeness (QED) is 0.762. The van der Waals surface area contributed by atoms with Gasteiger partial charge in [0.1, 0.15) is 0 Å². The van der Waals surface area contributed by atoms with Gasteiger partial charge in [0.05, 0.1) is 12.7 Å². The highest BCUT2D eigenvalue weighted by atomic mass is 16.5. The van der Waals surface area contributed by atoms with Crippen molar-refractivity contribution in [1.29, 1.82) is 0 Å². The number of aliphatic hydroxyl groups excluding tert-OH is 1. The normalized spacial score (nSPS) is 44.2. The second-order valence-electron chi connectivity index (χ2n) is 5.64. The molecule has 0 amide bonds. The molecule has 1 saturated carbocycles. The molecule has 1 heterocycles. The number of rotatable bonds is 2. The summed E-state index contributed by atoms with van der Waals surface area (Å²) in [5.74, 6) is 2.56. The Labute approximate surface area is 93.0 Å². The third kappa shape index (κ3) is 2.54. The van der Waals surface area contributed by atoms with E-state index >= 15 is 0 Å². The van der Waals surface area contributed by atoms with Gasteiger partial charge in [-0.05, 0) is 37.0 Å². The summed E-state index contributed by atoms with van der Waals surface area (Å²) >= 11 is 0. The highest BCUT2D eigenvalue weighted by Gasteiger charge is 2.34. The molecule has 2 aliphatic rings. The molecule has 2 rings (SSSR count). The molecule has 1 N–H and O–H groups in total. The van der Waals surface area contributed by atoms with Gasteiger partial charge in [0, 0.05) is 12.5 Å². The van der Waals surface area contributed by atoms with Crippen LogP contribution in [-0.4, -0.2) is 24.4 Å². The molecular weight excluding hydrogens is 188 g/mol. The third-order valence-electron chi connectivity index (χ3n) is 4.57. The minimum absolute atomic E-state index is 0.109. The van der Waals surface area contributed by atoms with Crippen molar-refractivity contribution in [2.45, 2.75) is 45.6 Å². The predicted octanol–water partition coefficient (Wildman–Crippen LogP) is 2.46. The van der Waals surface area contributed by atoms with E-state index < -0.39 is 0 Å². The zero-order chi connectivity index (χ0) is 10.8. The first-order valence-corrected chi connectivity index (χ1v) is 6.44. The summed E-state index contributed by atoms with van der Waals surface area (Å²) in [5.41, 5.74) is 0. The summed E-state index contributed by atoms with van der Waals surface area (Å²) < 4.78 is 5.36. The van der Waals surface area contributed by atoms with Crippen molar-refractivity contribution in [2.24, 2.45) is 23.7 Å². The molecule has 2 fully saturated rings. The Kier molecular flexibility index (Phi) is 3.68. The molecule has 15 heavy (non-hydrogen) atoms. The van der Waals surface area contributed by atoms with Gasteiger partial charge in [0.25, 0.3) is 0 Å². The van der Waals surface area contributed by atoms with E-state index in [1.54, 1.807) is 0 Å². The van der Waals surface area contributed by atoms with Gasteiger partial charge in [0.2, 0.25) is 0 Å². The molecule has 5 unspecified atom stereocenters. The smallest absolute Gasteiger partial charge is 0.0619 e. The molecule has 0 aromatic rings. The lowest BCUT2D eigenvalue weighted by atomic mass is 9.72. The van der Waals surface area contributed by atoms with Crippen molar-refractivity contribution in [2.75, 3.05) is 13.2 Å². The second kappa shape index (κ2) is 4.84. The minimum atomic E-state index is -0.109. The highest BCUT2D eigenvalue weighted by Crippen LogP contribution is 2.37. The molecule has 0 aromatic carbocycles. The lowest BCUT2D eigenvalue weighted by molar-refractivity contribution is 0.0105. The molecule has 2 heteroatoms. The van der Waals surface area contributed by atoms with Crippen LogP contribution in [0.25, 0.3) is 0 Å². The zero-order valence-corrected chi connectivity index (χ0v) is 9.98. The van der Waals surface area contributed by atoms with Crippen LogP contribution in [0.2, 0.25) is 0 Å². The molecule has 88 valence electrons. The summed E-state index contributed by atoms with van der Waals surface area (Å²) in [6.45, 7) is 6.29. The van der Waals surface area contributed by atoms with E-state index in [1.165, 1.54) is 19.3 Å². The Morgan fingerprint density at radius 3 is 2.47 bits per heavy atom. The van der Waals surface area contributed by atoms with Crippen LogP contribution in [0.4, 0.5) is 0 Å². The van der Waals surface area contributed by atoms with Crippen molar-refractivity contribution < 1.29 is 9.84 Å². The van der Waals surface area contributed by atoms with Crippen molar-refractivity contribution in [3.8, 4) is 0 Å². The maximum atomic E-state index is 10.3. The Morgan fingerprint density at radius 1 is 1.07 bits per heavy atom. The largest absolute Gasteiger partial charge is 0.392 e. The summed E-state index contributed by atoms with van der Waals surface area (Å²) in [5, 5.41) is 10.3. The van der Waals surface area contributed by atoms with Gasteiger partial charge >= 0.3 is 0 Å². The van der Waals surface area contributed by atoms with Crippen LogP contribution in [-0.2, 0) is 4.74 Å². The lowest BCUT2D eigenvalue weighted by Crippen LogP contribution is -2.34. The third-order valence-corrected chi connectivity index (χ3v) is 4.57. The van der Waals surface area contributed by atoms with Gasteiger partial charge in [0.15, 0.2) is 0 Å². The number of hydrogen-bond donors (Lipinski definition) is 1. The van der Waals surface area contributed by atoms with Crippen LogP contribution >= 0.6 is 0 Å². The molecule has 1 saturated heterocycles. The monoisotopic (exact) mass is 212 g/mol. The van der Waals surface area contributed by atoms with Crippen LogP contribution < -0.4 is 0 Å². The summed E-state index contributed by atoms with van der Waals surface area (Å²) in [6, 6.07) is 0. The highest BCUT2D eigenvalue weighted by molar-refractivity contribution is 4.84. The second-order valence-corrected chi connectivity index (χ2v) is 5.64. The Hall–Kier alpha value is -0.0800. The molecule has 2 nitrogen and oxygen atoms in total. The SMILES string of the molecule is CC1CCC(C(O)C2CCOC2)CC1C. The maximum Gasteiger partial charge on any atom is 0.0619 e. The predicted molar refractivity (Wildman–Crippen MR) is 60.6 cm³/mol. The number of ether oxygens (including phenoxy) is 1. The first-order valence-electron chi connectivity index (χ1n) is 6.44. The average molecular weight is 212 g/mol. The first kappa shape index (κ1) is 11.4. The topological polar surface area (TPSA) is 29.5 Å². The number of hydrogen-bond acceptors (Lipinski definition) is 2. The molecule has 0 bridgehead atoms. The average Bonchev–Trinajstić information content (AvgIpc) is 2.74. The molecule has 1 aliphatic heterocycles. The molecule has 5 atom stereocenters. The Morgan fingerprint density at radius 2 is 1.87 bits per heavy atom. The Bertz CT molecular complexity index is 199. The van der Waals surface area contributed by atoms with E-state index in [1.807, 2.05) is 0 Å². The van der Waals surface area contributed by atoms with Gasteiger partial charge in [-0.1, -0.05) is 20.3 Å². The van der Waals surface area contributed by atoms with E-state index in [0.29, 0.717) is 11.8 Å². The fraction of sp³-hybridized carbons (Fsp3) is 1.00. The molecule has 0 aromatic heterocycles. The van der Waals surface area contributed by atoms with E-state index in [2.05, 4.69) is 13.8 Å². The zero-order valence-electron chi connectivity index (χ0n) is 9.98. The van der Waals surface area contributed by atoms with Gasteiger partial charge in [-0.25, -0.2) is 0 Å². The molecular formula is C13H24O2. The number of aliphatic hydroxyl groups is 1. The molecule has 0 spiro atoms. The fourth-order valence-electron chi connectivity index (χ4n) is 3.11. The molecule has 1 aliphatic carbocycles. The van der Waals surface area contributed by atoms with Crippen LogP contribution in [0, 0.1) is 23.7 Å². The van der Waals surface area contributed by atoms with Crippen LogP contribution in [0.5, 0.6) is 0 Å². The van der Waals surface area contributed by atoms with Crippen LogP contribution in [0.15, 0.2) is 0 Å². The summed E-state index contributed by atoms with van der Waals surface area (Å²) in [6.07, 6.45) is 4.66. The Balaban J connectivity index is 1.87. The standard InChI is InChI=1S/C13H24O2/c1-9-3-4-11(7-10(9)2)13(14)12-5-6-15-8-12/h9-14H,3-8H2,1-2H3. The van der Waals surface area contributed by atoms with E-state index in [0.717, 1.165) is 31.5 Å². The van der Waals surface area contributed by atoms with Crippen LogP contribution in [0.3, 0.4) is 0 Å². The maximum absolute atomic E-state index is 10.3. The lowest BCUT2D eigenvalue weighted by Gasteiger charge is -2.36. The summed E-state index contributed by atoms with van der Waals surface area (Å²) in [7, 11) is 0. The van der Waals surface area contributed by atoms with E-state index in [4.69, 9.17) is 4.74 Å². The van der Waals surface area contributed by atoms with Crippen molar-refractivity contribution in [3.63, 3.8) is 0 Å².